The van der Waals surface area contributed by atoms with E-state index in [0.717, 1.165) is 23.1 Å². The van der Waals surface area contributed by atoms with Crippen LogP contribution in [0.25, 0.3) is 11.0 Å². The summed E-state index contributed by atoms with van der Waals surface area (Å²) in [5.41, 5.74) is 2.86. The average Bonchev–Trinajstić information content (AvgIpc) is 2.90. The number of aromatic nitrogens is 2. The molecule has 3 aromatic rings. The summed E-state index contributed by atoms with van der Waals surface area (Å²) in [5, 5.41) is 2.87. The Hall–Kier alpha value is -2.87. The molecule has 0 unspecified atom stereocenters. The maximum absolute atomic E-state index is 12.2. The summed E-state index contributed by atoms with van der Waals surface area (Å²) in [7, 11) is -3.33. The van der Waals surface area contributed by atoms with Crippen LogP contribution in [0.5, 0.6) is 0 Å². The number of carbonyl (C=O) groups is 1. The Balaban J connectivity index is 1.61. The number of hydrogen-bond donors (Lipinski definition) is 2. The molecule has 26 heavy (non-hydrogen) atoms. The molecule has 0 aliphatic carbocycles. The molecular formula is C18H20N4O3S. The van der Waals surface area contributed by atoms with Crippen molar-refractivity contribution in [2.24, 2.45) is 0 Å². The van der Waals surface area contributed by atoms with Gasteiger partial charge in [0, 0.05) is 24.3 Å². The lowest BCUT2D eigenvalue weighted by Gasteiger charge is -2.09. The van der Waals surface area contributed by atoms with Gasteiger partial charge < -0.3 is 9.88 Å². The van der Waals surface area contributed by atoms with Crippen molar-refractivity contribution in [3.63, 3.8) is 0 Å². The van der Waals surface area contributed by atoms with E-state index >= 15 is 0 Å². The summed E-state index contributed by atoms with van der Waals surface area (Å²) in [5.74, 6) is 0.689. The Morgan fingerprint density at radius 3 is 2.50 bits per heavy atom. The molecule has 0 saturated carbocycles. The number of imidazole rings is 1. The topological polar surface area (TPSA) is 93.1 Å². The second-order valence-electron chi connectivity index (χ2n) is 6.01. The number of hydrogen-bond acceptors (Lipinski definition) is 4. The molecule has 0 atom stereocenters. The van der Waals surface area contributed by atoms with Gasteiger partial charge in [-0.3, -0.25) is 9.52 Å². The van der Waals surface area contributed by atoms with Gasteiger partial charge >= 0.3 is 0 Å². The number of nitrogens with one attached hydrogen (secondary N) is 2. The van der Waals surface area contributed by atoms with Gasteiger partial charge in [-0.2, -0.15) is 0 Å². The fraction of sp³-hybridized carbons (Fsp3) is 0.222. The normalized spacial score (nSPS) is 11.5. The number of aryl methyl sites for hydroxylation is 1. The predicted molar refractivity (Wildman–Crippen MR) is 102 cm³/mol. The quantitative estimate of drug-likeness (QED) is 0.693. The van der Waals surface area contributed by atoms with Gasteiger partial charge in [0.05, 0.1) is 17.3 Å². The van der Waals surface area contributed by atoms with Crippen LogP contribution in [-0.2, 0) is 16.6 Å². The average molecular weight is 372 g/mol. The number of fused-ring (bicyclic) bond motifs is 1. The molecule has 3 rings (SSSR count). The Morgan fingerprint density at radius 1 is 1.12 bits per heavy atom. The minimum absolute atomic E-state index is 0.210. The summed E-state index contributed by atoms with van der Waals surface area (Å²) < 4.78 is 26.8. The molecule has 7 nitrogen and oxygen atoms in total. The van der Waals surface area contributed by atoms with Crippen LogP contribution < -0.4 is 10.0 Å². The zero-order chi connectivity index (χ0) is 18.7. The van der Waals surface area contributed by atoms with Gasteiger partial charge in [0.1, 0.15) is 5.82 Å². The molecule has 0 radical (unpaired) electrons. The zero-order valence-corrected chi connectivity index (χ0v) is 15.4. The van der Waals surface area contributed by atoms with Gasteiger partial charge in [-0.05, 0) is 43.3 Å². The SMILES string of the molecule is Cc1nc2ccccc2n1CCNC(=O)c1ccc(NS(C)(=O)=O)cc1. The fourth-order valence-electron chi connectivity index (χ4n) is 2.77. The van der Waals surface area contributed by atoms with Gasteiger partial charge in [0.25, 0.3) is 5.91 Å². The third-order valence-electron chi connectivity index (χ3n) is 3.92. The molecule has 136 valence electrons. The predicted octanol–water partition coefficient (Wildman–Crippen LogP) is 2.15. The van der Waals surface area contributed by atoms with Crippen molar-refractivity contribution in [3.8, 4) is 0 Å². The molecule has 0 spiro atoms. The van der Waals surface area contributed by atoms with Crippen LogP contribution in [0.1, 0.15) is 16.2 Å². The van der Waals surface area contributed by atoms with E-state index in [2.05, 4.69) is 19.6 Å². The first-order valence-corrected chi connectivity index (χ1v) is 10.0. The highest BCUT2D eigenvalue weighted by Crippen LogP contribution is 2.15. The van der Waals surface area contributed by atoms with Crippen molar-refractivity contribution in [1.29, 1.82) is 0 Å². The van der Waals surface area contributed by atoms with Crippen LogP contribution in [0.2, 0.25) is 0 Å². The molecule has 2 N–H and O–H groups in total. The van der Waals surface area contributed by atoms with E-state index in [1.165, 1.54) is 0 Å². The first-order valence-electron chi connectivity index (χ1n) is 8.11. The smallest absolute Gasteiger partial charge is 0.251 e. The van der Waals surface area contributed by atoms with Crippen LogP contribution >= 0.6 is 0 Å². The van der Waals surface area contributed by atoms with Crippen molar-refractivity contribution in [3.05, 3.63) is 59.9 Å². The van der Waals surface area contributed by atoms with Crippen LogP contribution in [-0.4, -0.2) is 36.7 Å². The minimum atomic E-state index is -3.33. The largest absolute Gasteiger partial charge is 0.350 e. The van der Waals surface area contributed by atoms with E-state index in [9.17, 15) is 13.2 Å². The van der Waals surface area contributed by atoms with Crippen molar-refractivity contribution in [2.75, 3.05) is 17.5 Å². The second-order valence-corrected chi connectivity index (χ2v) is 7.76. The highest BCUT2D eigenvalue weighted by atomic mass is 32.2. The molecular weight excluding hydrogens is 352 g/mol. The van der Waals surface area contributed by atoms with Crippen molar-refractivity contribution in [1.82, 2.24) is 14.9 Å². The first-order chi connectivity index (χ1) is 12.3. The third-order valence-corrected chi connectivity index (χ3v) is 4.52. The van der Waals surface area contributed by atoms with E-state index in [-0.39, 0.29) is 5.91 Å². The van der Waals surface area contributed by atoms with E-state index in [0.29, 0.717) is 24.3 Å². The number of rotatable bonds is 6. The van der Waals surface area contributed by atoms with E-state index in [1.54, 1.807) is 24.3 Å². The van der Waals surface area contributed by atoms with Gasteiger partial charge in [-0.1, -0.05) is 12.1 Å². The molecule has 1 heterocycles. The van der Waals surface area contributed by atoms with Crippen LogP contribution in [0.15, 0.2) is 48.5 Å². The third kappa shape index (κ3) is 4.20. The zero-order valence-electron chi connectivity index (χ0n) is 14.6. The maximum Gasteiger partial charge on any atom is 0.251 e. The summed E-state index contributed by atoms with van der Waals surface area (Å²) >= 11 is 0. The Kier molecular flexibility index (Phi) is 4.94. The number of carbonyl (C=O) groups excluding carboxylic acids is 1. The number of anilines is 1. The van der Waals surface area contributed by atoms with E-state index in [1.807, 2.05) is 31.2 Å². The molecule has 0 fully saturated rings. The van der Waals surface area contributed by atoms with Crippen molar-refractivity contribution >= 4 is 32.7 Å². The number of para-hydroxylation sites is 2. The molecule has 0 bridgehead atoms. The molecule has 1 aromatic heterocycles. The molecule has 0 aliphatic heterocycles. The van der Waals surface area contributed by atoms with Crippen LogP contribution in [0.3, 0.4) is 0 Å². The lowest BCUT2D eigenvalue weighted by atomic mass is 10.2. The summed E-state index contributed by atoms with van der Waals surface area (Å²) in [6.45, 7) is 3.02. The number of nitrogens with zero attached hydrogens (tertiary/aromatic N) is 2. The van der Waals surface area contributed by atoms with Gasteiger partial charge in [0.15, 0.2) is 0 Å². The second kappa shape index (κ2) is 7.17. The van der Waals surface area contributed by atoms with E-state index < -0.39 is 10.0 Å². The molecule has 1 amide bonds. The lowest BCUT2D eigenvalue weighted by Crippen LogP contribution is -2.27. The summed E-state index contributed by atoms with van der Waals surface area (Å²) in [6.07, 6.45) is 1.08. The number of benzene rings is 2. The monoisotopic (exact) mass is 372 g/mol. The van der Waals surface area contributed by atoms with E-state index in [4.69, 9.17) is 0 Å². The first kappa shape index (κ1) is 17.9. The van der Waals surface area contributed by atoms with Gasteiger partial charge in [-0.25, -0.2) is 13.4 Å². The van der Waals surface area contributed by atoms with Gasteiger partial charge in [0.2, 0.25) is 10.0 Å². The maximum atomic E-state index is 12.2. The van der Waals surface area contributed by atoms with Crippen molar-refractivity contribution < 1.29 is 13.2 Å². The molecule has 0 aliphatic rings. The summed E-state index contributed by atoms with van der Waals surface area (Å²) in [6, 6.07) is 14.2. The summed E-state index contributed by atoms with van der Waals surface area (Å²) in [4.78, 5) is 16.7. The Bertz CT molecular complexity index is 1040. The van der Waals surface area contributed by atoms with Crippen LogP contribution in [0, 0.1) is 6.92 Å². The highest BCUT2D eigenvalue weighted by Gasteiger charge is 2.09. The Labute approximate surface area is 152 Å². The molecule has 8 heteroatoms. The fourth-order valence-corrected chi connectivity index (χ4v) is 3.33. The van der Waals surface area contributed by atoms with Gasteiger partial charge in [-0.15, -0.1) is 0 Å². The van der Waals surface area contributed by atoms with Crippen molar-refractivity contribution in [2.45, 2.75) is 13.5 Å². The minimum Gasteiger partial charge on any atom is -0.350 e. The number of amides is 1. The Morgan fingerprint density at radius 2 is 1.81 bits per heavy atom. The molecule has 2 aromatic carbocycles. The highest BCUT2D eigenvalue weighted by molar-refractivity contribution is 7.92. The van der Waals surface area contributed by atoms with Crippen LogP contribution in [0.4, 0.5) is 5.69 Å². The standard InChI is InChI=1S/C18H20N4O3S/c1-13-20-16-5-3-4-6-17(16)22(13)12-11-19-18(23)14-7-9-15(10-8-14)21-26(2,24)25/h3-10,21H,11-12H2,1-2H3,(H,19,23). The number of sulfonamides is 1. The molecule has 0 saturated heterocycles. The lowest BCUT2D eigenvalue weighted by molar-refractivity contribution is 0.0952.